The van der Waals surface area contributed by atoms with Crippen LogP contribution in [0.15, 0.2) is 24.3 Å². The number of pyridine rings is 1. The molecule has 2 aromatic heterocycles. The molecule has 7 heterocycles. The molecule has 5 aliphatic rings. The monoisotopic (exact) mass is 640 g/mol. The van der Waals surface area contributed by atoms with Crippen molar-refractivity contribution in [3.05, 3.63) is 47.2 Å². The van der Waals surface area contributed by atoms with E-state index in [1.165, 1.54) is 24.3 Å². The van der Waals surface area contributed by atoms with Crippen molar-refractivity contribution in [3.63, 3.8) is 0 Å². The van der Waals surface area contributed by atoms with Crippen LogP contribution in [-0.4, -0.2) is 81.0 Å². The third-order valence-corrected chi connectivity index (χ3v) is 11.2. The van der Waals surface area contributed by atoms with Crippen molar-refractivity contribution in [3.8, 4) is 35.4 Å². The molecule has 0 amide bonds. The third-order valence-electron chi connectivity index (χ3n) is 11.2. The van der Waals surface area contributed by atoms with Crippen LogP contribution in [0.5, 0.6) is 11.8 Å². The number of piperazine rings is 1. The maximum Gasteiger partial charge on any atom is 0.319 e. The minimum absolute atomic E-state index is 0.0314. The van der Waals surface area contributed by atoms with Gasteiger partial charge in [-0.1, -0.05) is 12.0 Å². The van der Waals surface area contributed by atoms with E-state index in [9.17, 15) is 13.9 Å². The topological polar surface area (TPSA) is 86.6 Å². The number of aromatic nitrogens is 3. The molecular formula is C36H35F3N6O2. The fourth-order valence-corrected chi connectivity index (χ4v) is 9.20. The maximum absolute atomic E-state index is 17.2. The van der Waals surface area contributed by atoms with Crippen molar-refractivity contribution in [1.82, 2.24) is 25.2 Å². The number of benzene rings is 2. The summed E-state index contributed by atoms with van der Waals surface area (Å²) in [5.41, 5.74) is 0.350. The summed E-state index contributed by atoms with van der Waals surface area (Å²) < 4.78 is 53.1. The Labute approximate surface area is 270 Å². The van der Waals surface area contributed by atoms with Crippen molar-refractivity contribution in [2.24, 2.45) is 0 Å². The number of phenolic OH excluding ortho intramolecular Hbond substituents is 1. The lowest BCUT2D eigenvalue weighted by Crippen LogP contribution is -2.58. The molecule has 242 valence electrons. The number of aromatic hydroxyl groups is 1. The second-order valence-electron chi connectivity index (χ2n) is 14.0. The van der Waals surface area contributed by atoms with Gasteiger partial charge in [0.25, 0.3) is 0 Å². The van der Waals surface area contributed by atoms with Crippen molar-refractivity contribution in [1.29, 1.82) is 0 Å². The smallest absolute Gasteiger partial charge is 0.319 e. The Kier molecular flexibility index (Phi) is 6.60. The van der Waals surface area contributed by atoms with Gasteiger partial charge in [-0.15, -0.1) is 6.42 Å². The Morgan fingerprint density at radius 1 is 1.09 bits per heavy atom. The average molecular weight is 641 g/mol. The van der Waals surface area contributed by atoms with E-state index < -0.39 is 23.3 Å². The minimum atomic E-state index is -0.912. The highest BCUT2D eigenvalue weighted by Crippen LogP contribution is 2.44. The van der Waals surface area contributed by atoms with E-state index in [1.54, 1.807) is 0 Å². The van der Waals surface area contributed by atoms with Crippen molar-refractivity contribution >= 4 is 27.5 Å². The van der Waals surface area contributed by atoms with E-state index in [0.29, 0.717) is 59.1 Å². The number of phenols is 1. The molecule has 5 aliphatic heterocycles. The highest BCUT2D eigenvalue weighted by atomic mass is 19.1. The summed E-state index contributed by atoms with van der Waals surface area (Å²) >= 11 is 0. The predicted octanol–water partition coefficient (Wildman–Crippen LogP) is 5.41. The zero-order valence-electron chi connectivity index (χ0n) is 25.9. The first-order valence-corrected chi connectivity index (χ1v) is 16.7. The number of anilines is 1. The van der Waals surface area contributed by atoms with Crippen LogP contribution in [0.2, 0.25) is 0 Å². The van der Waals surface area contributed by atoms with Gasteiger partial charge in [0.15, 0.2) is 5.82 Å². The van der Waals surface area contributed by atoms with E-state index in [2.05, 4.69) is 21.0 Å². The molecule has 2 N–H and O–H groups in total. The van der Waals surface area contributed by atoms with Crippen LogP contribution in [0.25, 0.3) is 32.9 Å². The first-order chi connectivity index (χ1) is 22.8. The van der Waals surface area contributed by atoms with Crippen LogP contribution < -0.4 is 15.0 Å². The molecular weight excluding hydrogens is 605 g/mol. The highest BCUT2D eigenvalue weighted by molar-refractivity contribution is 6.03. The molecule has 8 nitrogen and oxygen atoms in total. The number of fused-ring (bicyclic) bond motifs is 7. The number of hydrogen-bond acceptors (Lipinski definition) is 8. The van der Waals surface area contributed by atoms with Crippen LogP contribution in [0, 0.1) is 24.0 Å². The lowest BCUT2D eigenvalue weighted by atomic mass is 9.92. The Hall–Kier alpha value is -4.14. The summed E-state index contributed by atoms with van der Waals surface area (Å²) in [6.07, 6.45) is 11.4. The Morgan fingerprint density at radius 2 is 1.98 bits per heavy atom. The summed E-state index contributed by atoms with van der Waals surface area (Å²) in [5, 5.41) is 15.7. The lowest BCUT2D eigenvalue weighted by molar-refractivity contribution is 0.107. The quantitative estimate of drug-likeness (QED) is 0.287. The fourth-order valence-electron chi connectivity index (χ4n) is 9.20. The molecule has 9 rings (SSSR count). The maximum atomic E-state index is 17.2. The van der Waals surface area contributed by atoms with Crippen LogP contribution in [0.4, 0.5) is 19.0 Å². The molecule has 5 atom stereocenters. The van der Waals surface area contributed by atoms with Crippen molar-refractivity contribution in [2.75, 3.05) is 31.1 Å². The zero-order valence-corrected chi connectivity index (χ0v) is 25.9. The number of nitrogens with one attached hydrogen (secondary N) is 1. The van der Waals surface area contributed by atoms with Gasteiger partial charge in [0.05, 0.1) is 22.2 Å². The standard InChI is InChI=1S/C36H35F3N6O2/c1-2-23-25(38)9-7-19-13-22(46)14-24(29(19)23)32-31(39)33-30-27(41-32)5-3-6-28-26-10-8-21(40-26)17-45(28)34(30)43-35(42-33)47-18-36-11-4-12-44(36)16-20(37)15-36/h1,7,9,13-14,20-21,26,28,40,46H,3-6,8,10-12,15-18H2/t20-,21-,26+,28-,36+/m1/s1. The summed E-state index contributed by atoms with van der Waals surface area (Å²) in [7, 11) is 0. The minimum Gasteiger partial charge on any atom is -0.508 e. The molecule has 11 heteroatoms. The largest absolute Gasteiger partial charge is 0.508 e. The molecule has 0 aliphatic carbocycles. The second kappa shape index (κ2) is 10.7. The first kappa shape index (κ1) is 29.0. The van der Waals surface area contributed by atoms with E-state index >= 15 is 4.39 Å². The van der Waals surface area contributed by atoms with Gasteiger partial charge in [-0.3, -0.25) is 4.90 Å². The van der Waals surface area contributed by atoms with Gasteiger partial charge in [-0.25, -0.2) is 18.2 Å². The number of alkyl halides is 1. The van der Waals surface area contributed by atoms with E-state index in [4.69, 9.17) is 26.1 Å². The van der Waals surface area contributed by atoms with Crippen LogP contribution in [0.1, 0.15) is 56.2 Å². The van der Waals surface area contributed by atoms with Gasteiger partial charge >= 0.3 is 6.01 Å². The fraction of sp³-hybridized carbons (Fsp3) is 0.472. The number of nitrogens with zero attached hydrogens (tertiary/aromatic N) is 5. The number of hydrogen-bond donors (Lipinski definition) is 2. The van der Waals surface area contributed by atoms with E-state index in [1.807, 2.05) is 0 Å². The van der Waals surface area contributed by atoms with Gasteiger partial charge in [-0.05, 0) is 75.1 Å². The number of rotatable bonds is 4. The Balaban J connectivity index is 1.26. The summed E-state index contributed by atoms with van der Waals surface area (Å²) in [4.78, 5) is 19.0. The second-order valence-corrected chi connectivity index (χ2v) is 14.0. The summed E-state index contributed by atoms with van der Waals surface area (Å²) in [6, 6.07) is 6.42. The van der Waals surface area contributed by atoms with Gasteiger partial charge in [0.2, 0.25) is 0 Å². The average Bonchev–Trinajstić information content (AvgIpc) is 3.72. The summed E-state index contributed by atoms with van der Waals surface area (Å²) in [6.45, 7) is 2.15. The van der Waals surface area contributed by atoms with E-state index in [0.717, 1.165) is 51.6 Å². The van der Waals surface area contributed by atoms with Gasteiger partial charge in [0, 0.05) is 48.6 Å². The van der Waals surface area contributed by atoms with Crippen molar-refractivity contribution in [2.45, 2.75) is 81.2 Å². The molecule has 47 heavy (non-hydrogen) atoms. The zero-order chi connectivity index (χ0) is 32.0. The molecule has 4 saturated heterocycles. The number of halogens is 3. The molecule has 0 unspecified atom stereocenters. The Morgan fingerprint density at radius 3 is 2.85 bits per heavy atom. The SMILES string of the molecule is C#Cc1c(F)ccc2cc(O)cc(-c3nc4c5c(nc(OC[C@@]67CCCN6C[C@H](F)C7)nc5c3F)N3C[C@H]5CC[C@H](N5)[C@H]3CCC4)c12. The summed E-state index contributed by atoms with van der Waals surface area (Å²) in [5.74, 6) is 1.55. The molecule has 2 bridgehead atoms. The number of terminal acetylenes is 1. The van der Waals surface area contributed by atoms with Crippen molar-refractivity contribution < 1.29 is 23.0 Å². The predicted molar refractivity (Wildman–Crippen MR) is 172 cm³/mol. The van der Waals surface area contributed by atoms with Crippen LogP contribution >= 0.6 is 0 Å². The molecule has 4 aromatic rings. The van der Waals surface area contributed by atoms with E-state index in [-0.39, 0.29) is 46.7 Å². The molecule has 4 fully saturated rings. The lowest BCUT2D eigenvalue weighted by Gasteiger charge is -2.43. The molecule has 0 saturated carbocycles. The molecule has 2 aromatic carbocycles. The normalized spacial score (nSPS) is 28.3. The van der Waals surface area contributed by atoms with Crippen LogP contribution in [-0.2, 0) is 6.42 Å². The van der Waals surface area contributed by atoms with Gasteiger partial charge < -0.3 is 20.1 Å². The van der Waals surface area contributed by atoms with Gasteiger partial charge in [-0.2, -0.15) is 9.97 Å². The van der Waals surface area contributed by atoms with Gasteiger partial charge in [0.1, 0.15) is 41.4 Å². The molecule has 0 radical (unpaired) electrons. The van der Waals surface area contributed by atoms with Crippen LogP contribution in [0.3, 0.4) is 0 Å². The number of aryl methyl sites for hydroxylation is 1. The molecule has 0 spiro atoms. The Bertz CT molecular complexity index is 2000. The third kappa shape index (κ3) is 4.48. The number of ether oxygens (including phenoxy) is 1. The highest BCUT2D eigenvalue weighted by Gasteiger charge is 2.49. The first-order valence-electron chi connectivity index (χ1n) is 16.7.